The van der Waals surface area contributed by atoms with Crippen molar-refractivity contribution < 1.29 is 0 Å². The minimum atomic E-state index is 0.341. The second-order valence-electron chi connectivity index (χ2n) is 4.45. The van der Waals surface area contributed by atoms with Crippen molar-refractivity contribution in [1.29, 1.82) is 0 Å². The van der Waals surface area contributed by atoms with E-state index in [9.17, 15) is 0 Å². The maximum Gasteiger partial charge on any atom is 0.125 e. The molecule has 0 bridgehead atoms. The predicted octanol–water partition coefficient (Wildman–Crippen LogP) is 2.66. The Hall–Kier alpha value is -0.800. The van der Waals surface area contributed by atoms with Crippen molar-refractivity contribution in [2.75, 3.05) is 11.9 Å². The van der Waals surface area contributed by atoms with Gasteiger partial charge in [0.25, 0.3) is 0 Å². The molecule has 3 nitrogen and oxygen atoms in total. The second-order valence-corrected chi connectivity index (χ2v) is 4.89. The van der Waals surface area contributed by atoms with Crippen molar-refractivity contribution >= 4 is 17.4 Å². The molecule has 1 fully saturated rings. The smallest absolute Gasteiger partial charge is 0.125 e. The number of halogens is 1. The minimum Gasteiger partial charge on any atom is -0.370 e. The number of hydrogen-bond donors (Lipinski definition) is 2. The summed E-state index contributed by atoms with van der Waals surface area (Å²) in [5.74, 6) is 1.45. The summed E-state index contributed by atoms with van der Waals surface area (Å²) in [6.45, 7) is 0.912. The SMILES string of the molecule is NC1CCCCC1CNc1ccc(Cl)cn1. The average Bonchev–Trinajstić information content (AvgIpc) is 2.30. The summed E-state index contributed by atoms with van der Waals surface area (Å²) < 4.78 is 0. The monoisotopic (exact) mass is 239 g/mol. The van der Waals surface area contributed by atoms with E-state index in [1.807, 2.05) is 12.1 Å². The van der Waals surface area contributed by atoms with Crippen LogP contribution in [-0.4, -0.2) is 17.6 Å². The van der Waals surface area contributed by atoms with Gasteiger partial charge in [-0.05, 0) is 30.9 Å². The van der Waals surface area contributed by atoms with Crippen molar-refractivity contribution in [2.45, 2.75) is 31.7 Å². The van der Waals surface area contributed by atoms with Crippen LogP contribution in [0.1, 0.15) is 25.7 Å². The summed E-state index contributed by atoms with van der Waals surface area (Å²) in [5.41, 5.74) is 6.09. The van der Waals surface area contributed by atoms with Gasteiger partial charge in [-0.15, -0.1) is 0 Å². The van der Waals surface area contributed by atoms with E-state index < -0.39 is 0 Å². The third-order valence-electron chi connectivity index (χ3n) is 3.24. The highest BCUT2D eigenvalue weighted by atomic mass is 35.5. The Morgan fingerprint density at radius 1 is 1.38 bits per heavy atom. The first kappa shape index (κ1) is 11.7. The fourth-order valence-electron chi connectivity index (χ4n) is 2.21. The van der Waals surface area contributed by atoms with Gasteiger partial charge in [-0.25, -0.2) is 4.98 Å². The molecule has 2 rings (SSSR count). The highest BCUT2D eigenvalue weighted by Crippen LogP contribution is 2.23. The molecule has 2 atom stereocenters. The summed E-state index contributed by atoms with van der Waals surface area (Å²) in [7, 11) is 0. The normalized spacial score (nSPS) is 25.4. The summed E-state index contributed by atoms with van der Waals surface area (Å²) in [4.78, 5) is 4.20. The van der Waals surface area contributed by atoms with Gasteiger partial charge in [-0.2, -0.15) is 0 Å². The van der Waals surface area contributed by atoms with Gasteiger partial charge >= 0.3 is 0 Å². The third kappa shape index (κ3) is 3.09. The molecule has 0 spiro atoms. The Labute approximate surface area is 101 Å². The lowest BCUT2D eigenvalue weighted by atomic mass is 9.85. The van der Waals surface area contributed by atoms with Crippen LogP contribution < -0.4 is 11.1 Å². The van der Waals surface area contributed by atoms with Crippen LogP contribution in [0.2, 0.25) is 5.02 Å². The number of anilines is 1. The molecule has 1 aliphatic carbocycles. The Bertz CT molecular complexity index is 326. The highest BCUT2D eigenvalue weighted by molar-refractivity contribution is 6.30. The largest absolute Gasteiger partial charge is 0.370 e. The molecule has 0 aromatic carbocycles. The van der Waals surface area contributed by atoms with Crippen LogP contribution in [0.4, 0.5) is 5.82 Å². The maximum atomic E-state index is 6.09. The van der Waals surface area contributed by atoms with Gasteiger partial charge in [0.15, 0.2) is 0 Å². The second kappa shape index (κ2) is 5.51. The van der Waals surface area contributed by atoms with E-state index in [2.05, 4.69) is 10.3 Å². The molecule has 0 saturated heterocycles. The topological polar surface area (TPSA) is 50.9 Å². The minimum absolute atomic E-state index is 0.341. The Morgan fingerprint density at radius 3 is 2.88 bits per heavy atom. The summed E-state index contributed by atoms with van der Waals surface area (Å²) >= 11 is 5.77. The number of hydrogen-bond acceptors (Lipinski definition) is 3. The van der Waals surface area contributed by atoms with Gasteiger partial charge in [0.2, 0.25) is 0 Å². The third-order valence-corrected chi connectivity index (χ3v) is 3.46. The molecule has 0 radical (unpaired) electrons. The molecular weight excluding hydrogens is 222 g/mol. The van der Waals surface area contributed by atoms with Gasteiger partial charge < -0.3 is 11.1 Å². The lowest BCUT2D eigenvalue weighted by Gasteiger charge is -2.28. The fourth-order valence-corrected chi connectivity index (χ4v) is 2.32. The van der Waals surface area contributed by atoms with E-state index in [1.165, 1.54) is 19.3 Å². The van der Waals surface area contributed by atoms with Crippen molar-refractivity contribution in [1.82, 2.24) is 4.98 Å². The average molecular weight is 240 g/mol. The molecule has 1 aliphatic rings. The molecule has 2 unspecified atom stereocenters. The van der Waals surface area contributed by atoms with E-state index in [-0.39, 0.29) is 0 Å². The molecule has 16 heavy (non-hydrogen) atoms. The fraction of sp³-hybridized carbons (Fsp3) is 0.583. The van der Waals surface area contributed by atoms with Crippen molar-refractivity contribution in [2.24, 2.45) is 11.7 Å². The predicted molar refractivity (Wildman–Crippen MR) is 67.7 cm³/mol. The number of rotatable bonds is 3. The number of nitrogens with one attached hydrogen (secondary N) is 1. The van der Waals surface area contributed by atoms with Crippen LogP contribution >= 0.6 is 11.6 Å². The molecule has 1 aromatic heterocycles. The summed E-state index contributed by atoms with van der Waals surface area (Å²) in [5, 5.41) is 3.99. The standard InChI is InChI=1S/C12H18ClN3/c13-10-5-6-12(16-8-10)15-7-9-3-1-2-4-11(9)14/h5-6,8-9,11H,1-4,7,14H2,(H,15,16). The number of nitrogens with zero attached hydrogens (tertiary/aromatic N) is 1. The molecule has 1 saturated carbocycles. The van der Waals surface area contributed by atoms with Crippen LogP contribution in [0.5, 0.6) is 0 Å². The molecule has 1 aromatic rings. The van der Waals surface area contributed by atoms with Crippen molar-refractivity contribution in [3.05, 3.63) is 23.4 Å². The molecule has 3 N–H and O–H groups in total. The van der Waals surface area contributed by atoms with Crippen molar-refractivity contribution in [3.8, 4) is 0 Å². The number of nitrogens with two attached hydrogens (primary N) is 1. The summed E-state index contributed by atoms with van der Waals surface area (Å²) in [6, 6.07) is 4.09. The zero-order chi connectivity index (χ0) is 11.4. The van der Waals surface area contributed by atoms with Gasteiger partial charge in [0.05, 0.1) is 5.02 Å². The Balaban J connectivity index is 1.84. The Kier molecular flexibility index (Phi) is 4.02. The molecule has 0 aliphatic heterocycles. The van der Waals surface area contributed by atoms with Gasteiger partial charge in [-0.3, -0.25) is 0 Å². The van der Waals surface area contributed by atoms with E-state index in [1.54, 1.807) is 6.20 Å². The first-order valence-corrected chi connectivity index (χ1v) is 6.24. The first-order chi connectivity index (χ1) is 7.75. The van der Waals surface area contributed by atoms with Crippen LogP contribution in [-0.2, 0) is 0 Å². The Morgan fingerprint density at radius 2 is 2.19 bits per heavy atom. The zero-order valence-electron chi connectivity index (χ0n) is 9.32. The molecule has 88 valence electrons. The van der Waals surface area contributed by atoms with Crippen molar-refractivity contribution in [3.63, 3.8) is 0 Å². The molecular formula is C12H18ClN3. The molecule has 1 heterocycles. The molecule has 4 heteroatoms. The summed E-state index contributed by atoms with van der Waals surface area (Å²) in [6.07, 6.45) is 6.61. The van der Waals surface area contributed by atoms with Crippen LogP contribution in [0.3, 0.4) is 0 Å². The lowest BCUT2D eigenvalue weighted by molar-refractivity contribution is 0.321. The maximum absolute atomic E-state index is 6.09. The highest BCUT2D eigenvalue weighted by Gasteiger charge is 2.21. The number of pyridine rings is 1. The van der Waals surface area contributed by atoms with E-state index >= 15 is 0 Å². The zero-order valence-corrected chi connectivity index (χ0v) is 10.1. The number of aromatic nitrogens is 1. The van der Waals surface area contributed by atoms with E-state index in [0.29, 0.717) is 17.0 Å². The van der Waals surface area contributed by atoms with Crippen LogP contribution in [0.15, 0.2) is 18.3 Å². The van der Waals surface area contributed by atoms with E-state index in [4.69, 9.17) is 17.3 Å². The van der Waals surface area contributed by atoms with Crippen LogP contribution in [0.25, 0.3) is 0 Å². The lowest BCUT2D eigenvalue weighted by Crippen LogP contribution is -2.37. The van der Waals surface area contributed by atoms with Gasteiger partial charge in [-0.1, -0.05) is 24.4 Å². The molecule has 0 amide bonds. The van der Waals surface area contributed by atoms with Crippen LogP contribution in [0, 0.1) is 5.92 Å². The van der Waals surface area contributed by atoms with Gasteiger partial charge in [0.1, 0.15) is 5.82 Å². The van der Waals surface area contributed by atoms with E-state index in [0.717, 1.165) is 18.8 Å². The quantitative estimate of drug-likeness (QED) is 0.853. The van der Waals surface area contributed by atoms with Gasteiger partial charge in [0, 0.05) is 18.8 Å². The first-order valence-electron chi connectivity index (χ1n) is 5.87.